The Kier molecular flexibility index (Phi) is 3.26. The molecule has 5 nitrogen and oxygen atoms in total. The number of nitrogens with zero attached hydrogens (tertiary/aromatic N) is 3. The normalized spacial score (nSPS) is 10.1. The molecule has 1 heterocycles. The second-order valence-corrected chi connectivity index (χ2v) is 3.21. The molecule has 15 heavy (non-hydrogen) atoms. The molecule has 0 aliphatic rings. The second-order valence-electron chi connectivity index (χ2n) is 2.40. The Labute approximate surface area is 90.6 Å². The van der Waals surface area contributed by atoms with Crippen molar-refractivity contribution in [3.8, 4) is 6.07 Å². The minimum Gasteiger partial charge on any atom is -0.258 e. The highest BCUT2D eigenvalue weighted by Crippen LogP contribution is 2.31. The molecule has 0 aromatic carbocycles. The van der Waals surface area contributed by atoms with Crippen LogP contribution in [0.2, 0.25) is 0 Å². The summed E-state index contributed by atoms with van der Waals surface area (Å²) in [6, 6.07) is 2.49. The number of aromatic nitrogens is 1. The number of nitro groups is 1. The monoisotopic (exact) mass is 277 g/mol. The molecule has 0 saturated carbocycles. The first kappa shape index (κ1) is 11.5. The Bertz CT molecular complexity index is 458. The smallest absolute Gasteiger partial charge is 0.258 e. The molecule has 78 valence electrons. The van der Waals surface area contributed by atoms with E-state index in [1.807, 2.05) is 0 Å². The van der Waals surface area contributed by atoms with Crippen LogP contribution in [-0.4, -0.2) is 9.91 Å². The van der Waals surface area contributed by atoms with Gasteiger partial charge in [0, 0.05) is 0 Å². The van der Waals surface area contributed by atoms with Crippen molar-refractivity contribution >= 4 is 21.6 Å². The minimum atomic E-state index is -3.10. The number of pyridine rings is 1. The van der Waals surface area contributed by atoms with Gasteiger partial charge in [-0.25, -0.2) is 13.8 Å². The quantitative estimate of drug-likeness (QED) is 0.473. The van der Waals surface area contributed by atoms with Crippen LogP contribution >= 0.6 is 15.9 Å². The molecule has 1 aromatic heterocycles. The lowest BCUT2D eigenvalue weighted by molar-refractivity contribution is -0.386. The van der Waals surface area contributed by atoms with E-state index >= 15 is 0 Å². The van der Waals surface area contributed by atoms with Crippen LogP contribution in [0.1, 0.15) is 17.7 Å². The van der Waals surface area contributed by atoms with Gasteiger partial charge in [0.05, 0.1) is 4.92 Å². The summed E-state index contributed by atoms with van der Waals surface area (Å²) in [5, 5.41) is 19.0. The minimum absolute atomic E-state index is 0.0417. The van der Waals surface area contributed by atoms with Crippen LogP contribution in [0.5, 0.6) is 0 Å². The Morgan fingerprint density at radius 2 is 2.27 bits per heavy atom. The molecule has 0 aliphatic heterocycles. The molecule has 0 N–H and O–H groups in total. The highest BCUT2D eigenvalue weighted by atomic mass is 79.9. The van der Waals surface area contributed by atoms with Gasteiger partial charge in [-0.05, 0) is 22.0 Å². The maximum Gasteiger partial charge on any atom is 0.314 e. The van der Waals surface area contributed by atoms with Crippen molar-refractivity contribution in [2.24, 2.45) is 0 Å². The molecule has 1 rings (SSSR count). The van der Waals surface area contributed by atoms with Gasteiger partial charge in [-0.1, -0.05) is 0 Å². The van der Waals surface area contributed by atoms with E-state index < -0.39 is 28.3 Å². The first-order chi connectivity index (χ1) is 6.97. The predicted octanol–water partition coefficient (Wildman–Crippen LogP) is 2.56. The summed E-state index contributed by atoms with van der Waals surface area (Å²) in [6.07, 6.45) is -3.10. The van der Waals surface area contributed by atoms with Gasteiger partial charge in [0.15, 0.2) is 5.69 Å². The third kappa shape index (κ3) is 2.24. The predicted molar refractivity (Wildman–Crippen MR) is 48.3 cm³/mol. The summed E-state index contributed by atoms with van der Waals surface area (Å²) in [5.41, 5.74) is -2.40. The van der Waals surface area contributed by atoms with E-state index in [-0.39, 0.29) is 4.60 Å². The summed E-state index contributed by atoms with van der Waals surface area (Å²) in [4.78, 5) is 12.7. The highest BCUT2D eigenvalue weighted by molar-refractivity contribution is 9.10. The lowest BCUT2D eigenvalue weighted by atomic mass is 10.2. The number of alkyl halides is 2. The van der Waals surface area contributed by atoms with Crippen LogP contribution in [0.15, 0.2) is 10.7 Å². The van der Waals surface area contributed by atoms with Gasteiger partial charge in [-0.3, -0.25) is 10.1 Å². The fourth-order valence-electron chi connectivity index (χ4n) is 0.955. The Morgan fingerprint density at radius 1 is 1.67 bits per heavy atom. The fraction of sp³-hybridized carbons (Fsp3) is 0.143. The average molecular weight is 278 g/mol. The van der Waals surface area contributed by atoms with Gasteiger partial charge in [0.25, 0.3) is 6.43 Å². The van der Waals surface area contributed by atoms with Crippen molar-refractivity contribution in [1.82, 2.24) is 4.98 Å². The Balaban J connectivity index is 3.56. The molecule has 0 atom stereocenters. The van der Waals surface area contributed by atoms with E-state index in [1.165, 1.54) is 6.07 Å². The van der Waals surface area contributed by atoms with E-state index in [1.54, 1.807) is 0 Å². The van der Waals surface area contributed by atoms with Crippen molar-refractivity contribution < 1.29 is 13.7 Å². The molecule has 0 radical (unpaired) electrons. The molecule has 0 aliphatic carbocycles. The summed E-state index contributed by atoms with van der Waals surface area (Å²) >= 11 is 2.79. The zero-order valence-corrected chi connectivity index (χ0v) is 8.53. The standard InChI is InChI=1S/C7H2BrF2N3O2/c8-4-1-3(2-11)6(13(14)15)5(12-4)7(9)10/h1,7H. The number of hydrogen-bond donors (Lipinski definition) is 0. The van der Waals surface area contributed by atoms with Gasteiger partial charge in [0.2, 0.25) is 0 Å². The van der Waals surface area contributed by atoms with Crippen molar-refractivity contribution in [3.05, 3.63) is 32.0 Å². The third-order valence-electron chi connectivity index (χ3n) is 1.50. The molecule has 1 aromatic rings. The van der Waals surface area contributed by atoms with Gasteiger partial charge in [-0.15, -0.1) is 0 Å². The van der Waals surface area contributed by atoms with Crippen LogP contribution in [0.3, 0.4) is 0 Å². The summed E-state index contributed by atoms with van der Waals surface area (Å²) in [5.74, 6) is 0. The van der Waals surface area contributed by atoms with E-state index in [0.717, 1.165) is 6.07 Å². The molecule has 0 fully saturated rings. The molecule has 8 heteroatoms. The van der Waals surface area contributed by atoms with E-state index in [9.17, 15) is 18.9 Å². The van der Waals surface area contributed by atoms with Gasteiger partial charge >= 0.3 is 5.69 Å². The molecule has 0 bridgehead atoms. The summed E-state index contributed by atoms with van der Waals surface area (Å²) < 4.78 is 24.7. The van der Waals surface area contributed by atoms with E-state index in [0.29, 0.717) is 0 Å². The van der Waals surface area contributed by atoms with Crippen LogP contribution in [0.4, 0.5) is 14.5 Å². The number of rotatable bonds is 2. The van der Waals surface area contributed by atoms with Crippen molar-refractivity contribution in [2.75, 3.05) is 0 Å². The Hall–Kier alpha value is -1.62. The Morgan fingerprint density at radius 3 is 2.67 bits per heavy atom. The zero-order valence-electron chi connectivity index (χ0n) is 6.95. The first-order valence-corrected chi connectivity index (χ1v) is 4.29. The number of nitriles is 1. The lowest BCUT2D eigenvalue weighted by Crippen LogP contribution is -2.02. The molecular weight excluding hydrogens is 276 g/mol. The summed E-state index contributed by atoms with van der Waals surface area (Å²) in [6.45, 7) is 0. The van der Waals surface area contributed by atoms with Gasteiger partial charge in [-0.2, -0.15) is 5.26 Å². The summed E-state index contributed by atoms with van der Waals surface area (Å²) in [7, 11) is 0. The van der Waals surface area contributed by atoms with Crippen LogP contribution in [0.25, 0.3) is 0 Å². The maximum atomic E-state index is 12.4. The van der Waals surface area contributed by atoms with Crippen molar-refractivity contribution in [1.29, 1.82) is 5.26 Å². The van der Waals surface area contributed by atoms with Crippen LogP contribution in [-0.2, 0) is 0 Å². The third-order valence-corrected chi connectivity index (χ3v) is 1.90. The molecular formula is C7H2BrF2N3O2. The second kappa shape index (κ2) is 4.27. The van der Waals surface area contributed by atoms with E-state index in [2.05, 4.69) is 20.9 Å². The largest absolute Gasteiger partial charge is 0.314 e. The first-order valence-electron chi connectivity index (χ1n) is 3.50. The number of halogens is 3. The number of hydrogen-bond acceptors (Lipinski definition) is 4. The van der Waals surface area contributed by atoms with E-state index in [4.69, 9.17) is 5.26 Å². The molecule has 0 spiro atoms. The van der Waals surface area contributed by atoms with Gasteiger partial charge < -0.3 is 0 Å². The fourth-order valence-corrected chi connectivity index (χ4v) is 1.37. The van der Waals surface area contributed by atoms with Crippen LogP contribution in [0, 0.1) is 21.4 Å². The molecule has 0 unspecified atom stereocenters. The van der Waals surface area contributed by atoms with Crippen molar-refractivity contribution in [2.45, 2.75) is 6.43 Å². The lowest BCUT2D eigenvalue weighted by Gasteiger charge is -2.02. The zero-order chi connectivity index (χ0) is 11.6. The van der Waals surface area contributed by atoms with Crippen LogP contribution < -0.4 is 0 Å². The molecule has 0 saturated heterocycles. The van der Waals surface area contributed by atoms with Gasteiger partial charge in [0.1, 0.15) is 16.2 Å². The topological polar surface area (TPSA) is 79.8 Å². The highest BCUT2D eigenvalue weighted by Gasteiger charge is 2.28. The van der Waals surface area contributed by atoms with Crippen molar-refractivity contribution in [3.63, 3.8) is 0 Å². The average Bonchev–Trinajstić information content (AvgIpc) is 2.15. The maximum absolute atomic E-state index is 12.4. The SMILES string of the molecule is N#Cc1cc(Br)nc(C(F)F)c1[N+](=O)[O-]. The molecule has 0 amide bonds.